The van der Waals surface area contributed by atoms with E-state index in [4.69, 9.17) is 0 Å². The SMILES string of the molecule is CSC1=NC(=O)C(C(=O)Nc2ccc(-c3ncn[nH]3)cc2)C(=O)N1. The molecule has 1 aliphatic rings. The molecule has 1 aliphatic heterocycles. The lowest BCUT2D eigenvalue weighted by atomic mass is 10.1. The lowest BCUT2D eigenvalue weighted by Gasteiger charge is -2.18. The van der Waals surface area contributed by atoms with Crippen LogP contribution >= 0.6 is 11.8 Å². The maximum absolute atomic E-state index is 12.2. The number of aromatic nitrogens is 3. The number of aliphatic imine (C=N–C) groups is 1. The Kier molecular flexibility index (Phi) is 4.38. The number of nitrogens with one attached hydrogen (secondary N) is 3. The molecule has 2 aromatic rings. The molecule has 0 fully saturated rings. The van der Waals surface area contributed by atoms with Crippen LogP contribution in [0.3, 0.4) is 0 Å². The number of H-pyrrole nitrogens is 1. The molecule has 1 aromatic heterocycles. The van der Waals surface area contributed by atoms with Crippen LogP contribution in [0.2, 0.25) is 0 Å². The highest BCUT2D eigenvalue weighted by atomic mass is 32.2. The van der Waals surface area contributed by atoms with Gasteiger partial charge >= 0.3 is 0 Å². The van der Waals surface area contributed by atoms with Gasteiger partial charge in [0.15, 0.2) is 16.9 Å². The Labute approximate surface area is 140 Å². The number of benzene rings is 1. The zero-order chi connectivity index (χ0) is 17.1. The number of carbonyl (C=O) groups excluding carboxylic acids is 3. The summed E-state index contributed by atoms with van der Waals surface area (Å²) in [4.78, 5) is 43.7. The van der Waals surface area contributed by atoms with Gasteiger partial charge in [0.05, 0.1) is 0 Å². The second-order valence-electron chi connectivity index (χ2n) is 4.78. The fraction of sp³-hybridized carbons (Fsp3) is 0.143. The number of anilines is 1. The van der Waals surface area contributed by atoms with E-state index in [2.05, 4.69) is 30.8 Å². The van der Waals surface area contributed by atoms with Crippen molar-refractivity contribution in [2.45, 2.75) is 0 Å². The Balaban J connectivity index is 1.72. The normalized spacial score (nSPS) is 17.2. The van der Waals surface area contributed by atoms with E-state index in [1.54, 1.807) is 30.5 Å². The number of aromatic amines is 1. The van der Waals surface area contributed by atoms with Crippen molar-refractivity contribution in [1.82, 2.24) is 20.5 Å². The summed E-state index contributed by atoms with van der Waals surface area (Å²) in [7, 11) is 0. The van der Waals surface area contributed by atoms with Gasteiger partial charge in [0.25, 0.3) is 5.91 Å². The number of hydrogen-bond donors (Lipinski definition) is 3. The third-order valence-corrected chi connectivity index (χ3v) is 3.83. The summed E-state index contributed by atoms with van der Waals surface area (Å²) in [6.45, 7) is 0. The summed E-state index contributed by atoms with van der Waals surface area (Å²) in [5.41, 5.74) is 1.23. The summed E-state index contributed by atoms with van der Waals surface area (Å²) in [6.07, 6.45) is 3.06. The number of amidine groups is 1. The van der Waals surface area contributed by atoms with E-state index >= 15 is 0 Å². The van der Waals surface area contributed by atoms with Gasteiger partial charge in [-0.15, -0.1) is 0 Å². The molecule has 24 heavy (non-hydrogen) atoms. The van der Waals surface area contributed by atoms with Gasteiger partial charge in [-0.25, -0.2) is 4.98 Å². The van der Waals surface area contributed by atoms with Crippen molar-refractivity contribution in [2.75, 3.05) is 11.6 Å². The fourth-order valence-corrected chi connectivity index (χ4v) is 2.46. The Hall–Kier alpha value is -3.01. The van der Waals surface area contributed by atoms with Gasteiger partial charge in [0.1, 0.15) is 6.33 Å². The van der Waals surface area contributed by atoms with Crippen LogP contribution in [0.4, 0.5) is 5.69 Å². The summed E-state index contributed by atoms with van der Waals surface area (Å²) >= 11 is 1.12. The topological polar surface area (TPSA) is 129 Å². The average Bonchev–Trinajstić information content (AvgIpc) is 3.09. The molecule has 0 spiro atoms. The van der Waals surface area contributed by atoms with Crippen LogP contribution in [0.5, 0.6) is 0 Å². The highest BCUT2D eigenvalue weighted by molar-refractivity contribution is 8.13. The van der Waals surface area contributed by atoms with Gasteiger partial charge in [-0.1, -0.05) is 11.8 Å². The lowest BCUT2D eigenvalue weighted by Crippen LogP contribution is -2.48. The van der Waals surface area contributed by atoms with E-state index < -0.39 is 23.6 Å². The molecule has 3 rings (SSSR count). The molecule has 10 heteroatoms. The number of carbonyl (C=O) groups is 3. The number of nitrogens with zero attached hydrogens (tertiary/aromatic N) is 3. The summed E-state index contributed by atoms with van der Waals surface area (Å²) in [5, 5.41) is 11.6. The smallest absolute Gasteiger partial charge is 0.270 e. The molecule has 2 heterocycles. The van der Waals surface area contributed by atoms with Crippen LogP contribution in [0.15, 0.2) is 35.6 Å². The molecule has 122 valence electrons. The lowest BCUT2D eigenvalue weighted by molar-refractivity contribution is -0.139. The molecule has 0 aliphatic carbocycles. The Morgan fingerprint density at radius 2 is 2.00 bits per heavy atom. The number of amides is 3. The van der Waals surface area contributed by atoms with Crippen LogP contribution in [0, 0.1) is 5.92 Å². The van der Waals surface area contributed by atoms with E-state index in [1.807, 2.05) is 0 Å². The maximum atomic E-state index is 12.2. The van der Waals surface area contributed by atoms with Gasteiger partial charge in [0.2, 0.25) is 11.8 Å². The minimum Gasteiger partial charge on any atom is -0.325 e. The minimum absolute atomic E-state index is 0.186. The van der Waals surface area contributed by atoms with Gasteiger partial charge < -0.3 is 10.6 Å². The molecule has 0 radical (unpaired) electrons. The van der Waals surface area contributed by atoms with Gasteiger partial charge in [0, 0.05) is 11.3 Å². The van der Waals surface area contributed by atoms with Crippen molar-refractivity contribution in [2.24, 2.45) is 10.9 Å². The fourth-order valence-electron chi connectivity index (χ4n) is 2.08. The summed E-state index contributed by atoms with van der Waals surface area (Å²) in [5.74, 6) is -3.09. The second-order valence-corrected chi connectivity index (χ2v) is 5.58. The highest BCUT2D eigenvalue weighted by Gasteiger charge is 2.38. The van der Waals surface area contributed by atoms with Crippen LogP contribution in [-0.4, -0.2) is 44.3 Å². The second kappa shape index (κ2) is 6.62. The quantitative estimate of drug-likeness (QED) is 0.691. The molecule has 1 aromatic carbocycles. The molecule has 3 amide bonds. The van der Waals surface area contributed by atoms with Crippen LogP contribution in [-0.2, 0) is 14.4 Å². The minimum atomic E-state index is -1.49. The maximum Gasteiger partial charge on any atom is 0.270 e. The van der Waals surface area contributed by atoms with Crippen molar-refractivity contribution in [3.63, 3.8) is 0 Å². The Morgan fingerprint density at radius 1 is 1.25 bits per heavy atom. The standard InChI is InChI=1S/C14H12N6O3S/c1-24-14-18-12(22)9(13(23)19-14)11(21)17-8-4-2-7(3-5-8)10-15-6-16-20-10/h2-6,9H,1H3,(H,17,21)(H,15,16,20)(H,18,19,22,23). The molecule has 0 saturated heterocycles. The summed E-state index contributed by atoms with van der Waals surface area (Å²) in [6, 6.07) is 6.72. The molecule has 3 N–H and O–H groups in total. The van der Waals surface area contributed by atoms with Gasteiger partial charge in [-0.05, 0) is 30.5 Å². The highest BCUT2D eigenvalue weighted by Crippen LogP contribution is 2.18. The van der Waals surface area contributed by atoms with Crippen LogP contribution in [0.1, 0.15) is 0 Å². The third kappa shape index (κ3) is 3.18. The summed E-state index contributed by atoms with van der Waals surface area (Å²) < 4.78 is 0. The Morgan fingerprint density at radius 3 is 2.58 bits per heavy atom. The van der Waals surface area contributed by atoms with E-state index in [1.165, 1.54) is 6.33 Å². The number of rotatable bonds is 3. The molecular weight excluding hydrogens is 332 g/mol. The molecule has 1 atom stereocenters. The number of thioether (sulfide) groups is 1. The molecular formula is C14H12N6O3S. The Bertz CT molecular complexity index is 816. The monoisotopic (exact) mass is 344 g/mol. The first-order chi connectivity index (χ1) is 11.6. The zero-order valence-electron chi connectivity index (χ0n) is 12.4. The molecule has 9 nitrogen and oxygen atoms in total. The zero-order valence-corrected chi connectivity index (χ0v) is 13.3. The van der Waals surface area contributed by atoms with Crippen molar-refractivity contribution < 1.29 is 14.4 Å². The van der Waals surface area contributed by atoms with Gasteiger partial charge in [-0.2, -0.15) is 10.1 Å². The molecule has 1 unspecified atom stereocenters. The molecule has 0 saturated carbocycles. The first-order valence-corrected chi connectivity index (χ1v) is 8.05. The van der Waals surface area contributed by atoms with Crippen molar-refractivity contribution >= 4 is 40.3 Å². The predicted octanol–water partition coefficient (Wildman–Crippen LogP) is 0.402. The average molecular weight is 344 g/mol. The van der Waals surface area contributed by atoms with Crippen LogP contribution in [0.25, 0.3) is 11.4 Å². The van der Waals surface area contributed by atoms with E-state index in [0.717, 1.165) is 17.3 Å². The first kappa shape index (κ1) is 15.9. The van der Waals surface area contributed by atoms with Gasteiger partial charge in [-0.3, -0.25) is 19.5 Å². The largest absolute Gasteiger partial charge is 0.325 e. The van der Waals surface area contributed by atoms with Crippen molar-refractivity contribution in [3.8, 4) is 11.4 Å². The predicted molar refractivity (Wildman–Crippen MR) is 88.0 cm³/mol. The van der Waals surface area contributed by atoms with E-state index in [9.17, 15) is 14.4 Å². The van der Waals surface area contributed by atoms with E-state index in [0.29, 0.717) is 11.5 Å². The number of hydrogen-bond acceptors (Lipinski definition) is 6. The van der Waals surface area contributed by atoms with Crippen molar-refractivity contribution in [1.29, 1.82) is 0 Å². The van der Waals surface area contributed by atoms with Crippen LogP contribution < -0.4 is 10.6 Å². The molecule has 0 bridgehead atoms. The van der Waals surface area contributed by atoms with E-state index in [-0.39, 0.29) is 5.17 Å². The van der Waals surface area contributed by atoms with Crippen molar-refractivity contribution in [3.05, 3.63) is 30.6 Å². The third-order valence-electron chi connectivity index (χ3n) is 3.25. The first-order valence-electron chi connectivity index (χ1n) is 6.82.